The molecule has 0 fully saturated rings. The average molecular weight is 456 g/mol. The molecule has 1 atom stereocenters. The van der Waals surface area contributed by atoms with E-state index in [-0.39, 0.29) is 29.9 Å². The minimum Gasteiger partial charge on any atom is -0.497 e. The maximum absolute atomic E-state index is 13.1. The quantitative estimate of drug-likeness (QED) is 0.324. The summed E-state index contributed by atoms with van der Waals surface area (Å²) in [5, 5.41) is 0. The van der Waals surface area contributed by atoms with Gasteiger partial charge in [-0.3, -0.25) is 9.59 Å². The van der Waals surface area contributed by atoms with Crippen LogP contribution in [0.25, 0.3) is 6.08 Å². The normalized spacial score (nSPS) is 17.5. The molecule has 3 aromatic rings. The SMILES string of the molecule is COC(=O)c1ccc(C=C2Oc3c(ccc4c3C(c3cccc(OC)c3)CC(=O)O4)C2=O)cc1. The molecule has 2 heterocycles. The number of hydrogen-bond donors (Lipinski definition) is 0. The molecule has 2 aliphatic rings. The van der Waals surface area contributed by atoms with Gasteiger partial charge in [0, 0.05) is 11.5 Å². The van der Waals surface area contributed by atoms with E-state index in [1.54, 1.807) is 49.6 Å². The van der Waals surface area contributed by atoms with Crippen LogP contribution >= 0.6 is 0 Å². The van der Waals surface area contributed by atoms with Gasteiger partial charge >= 0.3 is 11.9 Å². The van der Waals surface area contributed by atoms with Crippen LogP contribution in [0.15, 0.2) is 66.4 Å². The molecule has 7 heteroatoms. The van der Waals surface area contributed by atoms with Crippen LogP contribution < -0.4 is 14.2 Å². The van der Waals surface area contributed by atoms with Gasteiger partial charge in [-0.15, -0.1) is 0 Å². The third-order valence-corrected chi connectivity index (χ3v) is 5.91. The predicted octanol–water partition coefficient (Wildman–Crippen LogP) is 4.54. The number of allylic oxidation sites excluding steroid dienone is 1. The molecule has 0 saturated heterocycles. The van der Waals surface area contributed by atoms with Gasteiger partial charge in [-0.1, -0.05) is 24.3 Å². The predicted molar refractivity (Wildman–Crippen MR) is 122 cm³/mol. The van der Waals surface area contributed by atoms with Crippen molar-refractivity contribution in [3.63, 3.8) is 0 Å². The van der Waals surface area contributed by atoms with E-state index in [9.17, 15) is 14.4 Å². The minimum atomic E-state index is -0.440. The van der Waals surface area contributed by atoms with E-state index in [0.29, 0.717) is 39.5 Å². The molecule has 2 aliphatic heterocycles. The lowest BCUT2D eigenvalue weighted by molar-refractivity contribution is -0.135. The highest BCUT2D eigenvalue weighted by Crippen LogP contribution is 2.49. The van der Waals surface area contributed by atoms with Crippen molar-refractivity contribution in [1.29, 1.82) is 0 Å². The summed E-state index contributed by atoms with van der Waals surface area (Å²) in [5.41, 5.74) is 3.01. The van der Waals surface area contributed by atoms with Crippen molar-refractivity contribution in [2.24, 2.45) is 0 Å². The van der Waals surface area contributed by atoms with E-state index < -0.39 is 5.97 Å². The van der Waals surface area contributed by atoms with Crippen molar-refractivity contribution in [3.8, 4) is 17.2 Å². The van der Waals surface area contributed by atoms with Crippen LogP contribution in [0.2, 0.25) is 0 Å². The van der Waals surface area contributed by atoms with Crippen LogP contribution in [-0.2, 0) is 9.53 Å². The Morgan fingerprint density at radius 3 is 2.53 bits per heavy atom. The summed E-state index contributed by atoms with van der Waals surface area (Å²) in [7, 11) is 2.90. The standard InChI is InChI=1S/C27H20O7/c1-31-18-5-3-4-17(13-18)20-14-23(28)33-21-11-10-19-25(29)22(34-26(19)24(20)21)12-15-6-8-16(9-7-15)27(30)32-2/h3-13,20H,14H2,1-2H3. The van der Waals surface area contributed by atoms with Crippen molar-refractivity contribution in [2.75, 3.05) is 14.2 Å². The average Bonchev–Trinajstić information content (AvgIpc) is 3.18. The molecule has 0 bridgehead atoms. The van der Waals surface area contributed by atoms with Gasteiger partial charge in [-0.05, 0) is 53.6 Å². The van der Waals surface area contributed by atoms with Gasteiger partial charge in [0.15, 0.2) is 5.76 Å². The Morgan fingerprint density at radius 1 is 1.00 bits per heavy atom. The smallest absolute Gasteiger partial charge is 0.337 e. The Bertz CT molecular complexity index is 1350. The molecule has 5 rings (SSSR count). The number of Topliss-reactive ketones (excluding diaryl/α,β-unsaturated/α-hetero) is 1. The van der Waals surface area contributed by atoms with Crippen LogP contribution in [0.4, 0.5) is 0 Å². The summed E-state index contributed by atoms with van der Waals surface area (Å²) in [5.74, 6) is 0.160. The van der Waals surface area contributed by atoms with Crippen molar-refractivity contribution in [3.05, 3.63) is 94.2 Å². The summed E-state index contributed by atoms with van der Waals surface area (Å²) in [6.45, 7) is 0. The second kappa shape index (κ2) is 8.51. The molecule has 0 aromatic heterocycles. The molecule has 0 aliphatic carbocycles. The van der Waals surface area contributed by atoms with E-state index in [1.165, 1.54) is 7.11 Å². The number of esters is 2. The van der Waals surface area contributed by atoms with Crippen molar-refractivity contribution in [2.45, 2.75) is 12.3 Å². The molecule has 170 valence electrons. The van der Waals surface area contributed by atoms with Crippen LogP contribution in [0.1, 0.15) is 49.7 Å². The molecule has 0 N–H and O–H groups in total. The summed E-state index contributed by atoms with van der Waals surface area (Å²) in [6.07, 6.45) is 1.73. The summed E-state index contributed by atoms with van der Waals surface area (Å²) >= 11 is 0. The molecule has 0 spiro atoms. The zero-order valence-electron chi connectivity index (χ0n) is 18.5. The first-order chi connectivity index (χ1) is 16.5. The van der Waals surface area contributed by atoms with Gasteiger partial charge in [0.25, 0.3) is 0 Å². The fourth-order valence-corrected chi connectivity index (χ4v) is 4.23. The molecule has 0 radical (unpaired) electrons. The van der Waals surface area contributed by atoms with Gasteiger partial charge in [0.1, 0.15) is 17.2 Å². The summed E-state index contributed by atoms with van der Waals surface area (Å²) < 4.78 is 21.6. The number of hydrogen-bond acceptors (Lipinski definition) is 7. The number of rotatable bonds is 4. The molecular weight excluding hydrogens is 436 g/mol. The van der Waals surface area contributed by atoms with Gasteiger partial charge in [0.05, 0.1) is 31.8 Å². The first kappa shape index (κ1) is 21.5. The maximum Gasteiger partial charge on any atom is 0.337 e. The third-order valence-electron chi connectivity index (χ3n) is 5.91. The minimum absolute atomic E-state index is 0.113. The highest BCUT2D eigenvalue weighted by atomic mass is 16.5. The summed E-state index contributed by atoms with van der Waals surface area (Å²) in [6, 6.07) is 17.3. The molecular formula is C27H20O7. The van der Waals surface area contributed by atoms with Crippen molar-refractivity contribution in [1.82, 2.24) is 0 Å². The number of methoxy groups -OCH3 is 2. The first-order valence-corrected chi connectivity index (χ1v) is 10.6. The largest absolute Gasteiger partial charge is 0.497 e. The Morgan fingerprint density at radius 2 is 1.79 bits per heavy atom. The molecule has 0 saturated carbocycles. The molecule has 1 unspecified atom stereocenters. The zero-order chi connectivity index (χ0) is 23.8. The Hall–Kier alpha value is -4.39. The molecule has 34 heavy (non-hydrogen) atoms. The second-order valence-corrected chi connectivity index (χ2v) is 7.91. The van der Waals surface area contributed by atoms with E-state index in [4.69, 9.17) is 18.9 Å². The Balaban J connectivity index is 1.54. The monoisotopic (exact) mass is 456 g/mol. The Kier molecular flexibility index (Phi) is 5.37. The fourth-order valence-electron chi connectivity index (χ4n) is 4.23. The first-order valence-electron chi connectivity index (χ1n) is 10.6. The van der Waals surface area contributed by atoms with E-state index in [2.05, 4.69) is 0 Å². The van der Waals surface area contributed by atoms with Gasteiger partial charge in [-0.25, -0.2) is 4.79 Å². The summed E-state index contributed by atoms with van der Waals surface area (Å²) in [4.78, 5) is 37.1. The number of carbonyl (C=O) groups is 3. The lowest BCUT2D eigenvalue weighted by Gasteiger charge is -2.26. The van der Waals surface area contributed by atoms with Crippen molar-refractivity contribution < 1.29 is 33.3 Å². The van der Waals surface area contributed by atoms with Crippen LogP contribution in [0.5, 0.6) is 17.2 Å². The number of fused-ring (bicyclic) bond motifs is 3. The van der Waals surface area contributed by atoms with Crippen LogP contribution in [0, 0.1) is 0 Å². The lowest BCUT2D eigenvalue weighted by Crippen LogP contribution is -2.21. The van der Waals surface area contributed by atoms with E-state index in [0.717, 1.165) is 5.56 Å². The van der Waals surface area contributed by atoms with E-state index >= 15 is 0 Å². The van der Waals surface area contributed by atoms with E-state index in [1.807, 2.05) is 24.3 Å². The molecule has 7 nitrogen and oxygen atoms in total. The Labute approximate surface area is 195 Å². The van der Waals surface area contributed by atoms with Gasteiger partial charge in [0.2, 0.25) is 5.78 Å². The highest BCUT2D eigenvalue weighted by Gasteiger charge is 2.38. The molecule has 0 amide bonds. The number of ether oxygens (including phenoxy) is 4. The van der Waals surface area contributed by atoms with Crippen LogP contribution in [0.3, 0.4) is 0 Å². The molecule has 3 aromatic carbocycles. The number of ketones is 1. The third kappa shape index (κ3) is 3.71. The lowest BCUT2D eigenvalue weighted by atomic mass is 9.84. The van der Waals surface area contributed by atoms with Crippen molar-refractivity contribution >= 4 is 23.8 Å². The van der Waals surface area contributed by atoms with Gasteiger partial charge in [-0.2, -0.15) is 0 Å². The maximum atomic E-state index is 13.1. The van der Waals surface area contributed by atoms with Gasteiger partial charge < -0.3 is 18.9 Å². The number of carbonyl (C=O) groups excluding carboxylic acids is 3. The fraction of sp³-hybridized carbons (Fsp3) is 0.148. The van der Waals surface area contributed by atoms with Crippen LogP contribution in [-0.4, -0.2) is 31.9 Å². The second-order valence-electron chi connectivity index (χ2n) is 7.91. The topological polar surface area (TPSA) is 88.1 Å². The number of benzene rings is 3. The zero-order valence-corrected chi connectivity index (χ0v) is 18.5. The highest BCUT2D eigenvalue weighted by molar-refractivity contribution is 6.15.